The van der Waals surface area contributed by atoms with Crippen molar-refractivity contribution in [2.45, 2.75) is 6.23 Å². The standard InChI is InChI=1S/C21H23ClN2O4/c1-26-18-8-5-15(11-19(18)27-2)17(14-3-6-16(22)7-4-14)12-20(25)24-21-13-23-9-10-28-21/h3-8,11-12,21,23H,9-10,13H2,1-2H3,(H,24,25). The van der Waals surface area contributed by atoms with Crippen molar-refractivity contribution in [2.75, 3.05) is 33.9 Å². The van der Waals surface area contributed by atoms with E-state index in [2.05, 4.69) is 10.6 Å². The second kappa shape index (κ2) is 9.59. The number of hydrogen-bond donors (Lipinski definition) is 2. The molecule has 1 unspecified atom stereocenters. The first kappa shape index (κ1) is 20.2. The van der Waals surface area contributed by atoms with E-state index in [-0.39, 0.29) is 12.1 Å². The number of methoxy groups -OCH3 is 2. The maximum atomic E-state index is 12.6. The molecule has 2 aromatic rings. The van der Waals surface area contributed by atoms with Crippen molar-refractivity contribution >= 4 is 23.1 Å². The minimum absolute atomic E-state index is 0.242. The van der Waals surface area contributed by atoms with Gasteiger partial charge in [0.1, 0.15) is 6.23 Å². The topological polar surface area (TPSA) is 68.8 Å². The molecule has 1 aliphatic rings. The average molecular weight is 403 g/mol. The fourth-order valence-electron chi connectivity index (χ4n) is 2.96. The highest BCUT2D eigenvalue weighted by molar-refractivity contribution is 6.30. The summed E-state index contributed by atoms with van der Waals surface area (Å²) in [6, 6.07) is 12.9. The van der Waals surface area contributed by atoms with E-state index in [1.807, 2.05) is 30.3 Å². The normalized spacial score (nSPS) is 17.1. The largest absolute Gasteiger partial charge is 0.493 e. The second-order valence-electron chi connectivity index (χ2n) is 6.21. The van der Waals surface area contributed by atoms with Crippen LogP contribution in [0.25, 0.3) is 5.57 Å². The smallest absolute Gasteiger partial charge is 0.246 e. The van der Waals surface area contributed by atoms with Gasteiger partial charge in [0.2, 0.25) is 5.91 Å². The molecule has 28 heavy (non-hydrogen) atoms. The molecule has 1 saturated heterocycles. The Bertz CT molecular complexity index is 846. The van der Waals surface area contributed by atoms with Crippen LogP contribution < -0.4 is 20.1 Å². The summed E-state index contributed by atoms with van der Waals surface area (Å²) < 4.78 is 16.3. The zero-order valence-electron chi connectivity index (χ0n) is 15.8. The number of hydrogen-bond acceptors (Lipinski definition) is 5. The fraction of sp³-hybridized carbons (Fsp3) is 0.286. The number of carbonyl (C=O) groups is 1. The molecule has 1 atom stereocenters. The molecule has 0 aromatic heterocycles. The lowest BCUT2D eigenvalue weighted by Crippen LogP contribution is -2.48. The third-order valence-corrected chi connectivity index (χ3v) is 4.61. The molecule has 6 nitrogen and oxygen atoms in total. The van der Waals surface area contributed by atoms with Crippen molar-refractivity contribution in [3.8, 4) is 11.5 Å². The predicted octanol–water partition coefficient (Wildman–Crippen LogP) is 2.85. The molecule has 0 bridgehead atoms. The molecular formula is C21H23ClN2O4. The Kier molecular flexibility index (Phi) is 6.92. The van der Waals surface area contributed by atoms with Crippen LogP contribution in [0.3, 0.4) is 0 Å². The zero-order valence-corrected chi connectivity index (χ0v) is 16.6. The van der Waals surface area contributed by atoms with Gasteiger partial charge in [-0.2, -0.15) is 0 Å². The summed E-state index contributed by atoms with van der Waals surface area (Å²) in [5.74, 6) is 0.960. The summed E-state index contributed by atoms with van der Waals surface area (Å²) in [7, 11) is 3.16. The minimum Gasteiger partial charge on any atom is -0.493 e. The summed E-state index contributed by atoms with van der Waals surface area (Å²) in [5.41, 5.74) is 2.41. The molecule has 2 N–H and O–H groups in total. The minimum atomic E-state index is -0.352. The lowest BCUT2D eigenvalue weighted by atomic mass is 9.97. The fourth-order valence-corrected chi connectivity index (χ4v) is 3.08. The summed E-state index contributed by atoms with van der Waals surface area (Å²) >= 11 is 6.03. The Hall–Kier alpha value is -2.54. The molecule has 0 aliphatic carbocycles. The lowest BCUT2D eigenvalue weighted by Gasteiger charge is -2.24. The van der Waals surface area contributed by atoms with E-state index in [4.69, 9.17) is 25.8 Å². The molecule has 7 heteroatoms. The number of carbonyl (C=O) groups excluding carboxylic acids is 1. The molecule has 1 amide bonds. The molecular weight excluding hydrogens is 380 g/mol. The Morgan fingerprint density at radius 2 is 1.86 bits per heavy atom. The first-order valence-electron chi connectivity index (χ1n) is 8.93. The van der Waals surface area contributed by atoms with Gasteiger partial charge in [-0.3, -0.25) is 4.79 Å². The molecule has 0 spiro atoms. The van der Waals surface area contributed by atoms with Crippen LogP contribution >= 0.6 is 11.6 Å². The number of ether oxygens (including phenoxy) is 3. The van der Waals surface area contributed by atoms with E-state index in [0.29, 0.717) is 29.7 Å². The van der Waals surface area contributed by atoms with Gasteiger partial charge in [0.25, 0.3) is 0 Å². The van der Waals surface area contributed by atoms with Crippen LogP contribution in [-0.4, -0.2) is 46.1 Å². The van der Waals surface area contributed by atoms with Crippen LogP contribution in [-0.2, 0) is 9.53 Å². The third-order valence-electron chi connectivity index (χ3n) is 4.36. The highest BCUT2D eigenvalue weighted by Gasteiger charge is 2.17. The molecule has 0 radical (unpaired) electrons. The Morgan fingerprint density at radius 1 is 1.14 bits per heavy atom. The van der Waals surface area contributed by atoms with Gasteiger partial charge in [-0.25, -0.2) is 0 Å². The monoisotopic (exact) mass is 402 g/mol. The van der Waals surface area contributed by atoms with Gasteiger partial charge in [-0.15, -0.1) is 0 Å². The zero-order chi connectivity index (χ0) is 19.9. The van der Waals surface area contributed by atoms with Gasteiger partial charge in [0, 0.05) is 24.2 Å². The summed E-state index contributed by atoms with van der Waals surface area (Å²) in [4.78, 5) is 12.6. The summed E-state index contributed by atoms with van der Waals surface area (Å²) in [6.45, 7) is 1.92. The first-order chi connectivity index (χ1) is 13.6. The van der Waals surface area contributed by atoms with Gasteiger partial charge < -0.3 is 24.8 Å². The van der Waals surface area contributed by atoms with Gasteiger partial charge in [0.05, 0.1) is 20.8 Å². The molecule has 0 saturated carbocycles. The van der Waals surface area contributed by atoms with Crippen molar-refractivity contribution in [3.63, 3.8) is 0 Å². The molecule has 1 fully saturated rings. The second-order valence-corrected chi connectivity index (χ2v) is 6.64. The summed E-state index contributed by atoms with van der Waals surface area (Å²) in [5, 5.41) is 6.68. The SMILES string of the molecule is COc1ccc(C(=CC(=O)NC2CNCCO2)c2ccc(Cl)cc2)cc1OC. The highest BCUT2D eigenvalue weighted by Crippen LogP contribution is 2.33. The van der Waals surface area contributed by atoms with Crippen molar-refractivity contribution < 1.29 is 19.0 Å². The number of amides is 1. The molecule has 1 aliphatic heterocycles. The van der Waals surface area contributed by atoms with Crippen molar-refractivity contribution in [1.82, 2.24) is 10.6 Å². The van der Waals surface area contributed by atoms with E-state index in [1.165, 1.54) is 0 Å². The lowest BCUT2D eigenvalue weighted by molar-refractivity contribution is -0.121. The Morgan fingerprint density at radius 3 is 2.50 bits per heavy atom. The van der Waals surface area contributed by atoms with Gasteiger partial charge in [0.15, 0.2) is 11.5 Å². The van der Waals surface area contributed by atoms with Gasteiger partial charge in [-0.1, -0.05) is 29.8 Å². The third kappa shape index (κ3) is 5.04. The predicted molar refractivity (Wildman–Crippen MR) is 109 cm³/mol. The van der Waals surface area contributed by atoms with Gasteiger partial charge >= 0.3 is 0 Å². The van der Waals surface area contributed by atoms with E-state index >= 15 is 0 Å². The Labute approximate surface area is 169 Å². The van der Waals surface area contributed by atoms with Crippen LogP contribution in [0.1, 0.15) is 11.1 Å². The summed E-state index contributed by atoms with van der Waals surface area (Å²) in [6.07, 6.45) is 1.21. The van der Waals surface area contributed by atoms with Crippen molar-refractivity contribution in [2.24, 2.45) is 0 Å². The van der Waals surface area contributed by atoms with E-state index < -0.39 is 0 Å². The van der Waals surface area contributed by atoms with E-state index in [9.17, 15) is 4.79 Å². The number of halogens is 1. The van der Waals surface area contributed by atoms with Crippen LogP contribution in [0.2, 0.25) is 5.02 Å². The highest BCUT2D eigenvalue weighted by atomic mass is 35.5. The van der Waals surface area contributed by atoms with E-state index in [1.54, 1.807) is 32.4 Å². The Balaban J connectivity index is 1.95. The number of nitrogens with one attached hydrogen (secondary N) is 2. The maximum absolute atomic E-state index is 12.6. The first-order valence-corrected chi connectivity index (χ1v) is 9.31. The molecule has 2 aromatic carbocycles. The van der Waals surface area contributed by atoms with Gasteiger partial charge in [-0.05, 0) is 41.0 Å². The molecule has 3 rings (SSSR count). The number of rotatable bonds is 6. The number of morpholine rings is 1. The molecule has 148 valence electrons. The van der Waals surface area contributed by atoms with Crippen LogP contribution in [0.5, 0.6) is 11.5 Å². The van der Waals surface area contributed by atoms with Crippen LogP contribution in [0.15, 0.2) is 48.5 Å². The number of benzene rings is 2. The van der Waals surface area contributed by atoms with E-state index in [0.717, 1.165) is 23.2 Å². The van der Waals surface area contributed by atoms with Crippen molar-refractivity contribution in [3.05, 3.63) is 64.7 Å². The average Bonchev–Trinajstić information content (AvgIpc) is 2.73. The van der Waals surface area contributed by atoms with Crippen molar-refractivity contribution in [1.29, 1.82) is 0 Å². The molecule has 1 heterocycles. The maximum Gasteiger partial charge on any atom is 0.246 e. The van der Waals surface area contributed by atoms with Crippen LogP contribution in [0, 0.1) is 0 Å². The quantitative estimate of drug-likeness (QED) is 0.727. The van der Waals surface area contributed by atoms with Crippen LogP contribution in [0.4, 0.5) is 0 Å².